The van der Waals surface area contributed by atoms with Gasteiger partial charge in [0.1, 0.15) is 11.4 Å². The molecule has 3 aromatic carbocycles. The van der Waals surface area contributed by atoms with Gasteiger partial charge in [0.2, 0.25) is 23.6 Å². The van der Waals surface area contributed by atoms with Gasteiger partial charge in [0.15, 0.2) is 0 Å². The Hall–Kier alpha value is -5.52. The molecule has 5 aliphatic rings. The lowest BCUT2D eigenvalue weighted by Gasteiger charge is -2.53. The van der Waals surface area contributed by atoms with Gasteiger partial charge in [-0.15, -0.1) is 0 Å². The van der Waals surface area contributed by atoms with Crippen LogP contribution in [0.15, 0.2) is 91.0 Å². The van der Waals surface area contributed by atoms with E-state index in [2.05, 4.69) is 0 Å². The molecule has 2 saturated heterocycles. The van der Waals surface area contributed by atoms with Gasteiger partial charge in [0.25, 0.3) is 11.4 Å². The Bertz CT molecular complexity index is 1680. The number of imide groups is 2. The Labute approximate surface area is 237 Å². The maximum Gasteiger partial charge on any atom is 0.293 e. The molecule has 0 aromatic heterocycles. The molecule has 1 saturated carbocycles. The molecule has 2 unspecified atom stereocenters. The average molecular weight is 565 g/mol. The second-order valence-corrected chi connectivity index (χ2v) is 10.8. The van der Waals surface area contributed by atoms with Crippen molar-refractivity contribution in [3.8, 4) is 0 Å². The topological polar surface area (TPSA) is 161 Å². The van der Waals surface area contributed by atoms with E-state index in [1.165, 1.54) is 48.5 Å². The van der Waals surface area contributed by atoms with Gasteiger partial charge < -0.3 is 0 Å². The highest BCUT2D eigenvalue weighted by Gasteiger charge is 2.75. The van der Waals surface area contributed by atoms with Crippen LogP contribution < -0.4 is 9.80 Å². The van der Waals surface area contributed by atoms with Crippen molar-refractivity contribution in [3.05, 3.63) is 117 Å². The first-order chi connectivity index (χ1) is 20.2. The summed E-state index contributed by atoms with van der Waals surface area (Å²) in [5.74, 6) is -8.18. The smallest absolute Gasteiger partial charge is 0.274 e. The van der Waals surface area contributed by atoms with Crippen LogP contribution in [-0.2, 0) is 24.6 Å². The molecular formula is C30H20N4O8. The summed E-state index contributed by atoms with van der Waals surface area (Å²) in [5.41, 5.74) is -2.18. The Balaban J connectivity index is 1.44. The largest absolute Gasteiger partial charge is 0.293 e. The highest BCUT2D eigenvalue weighted by Crippen LogP contribution is 2.65. The van der Waals surface area contributed by atoms with Crippen molar-refractivity contribution in [2.24, 2.45) is 29.6 Å². The Morgan fingerprint density at radius 1 is 0.595 bits per heavy atom. The van der Waals surface area contributed by atoms with Crippen LogP contribution in [0.5, 0.6) is 0 Å². The van der Waals surface area contributed by atoms with Crippen LogP contribution in [0.4, 0.5) is 22.7 Å². The molecular weight excluding hydrogens is 544 g/mol. The van der Waals surface area contributed by atoms with Crippen LogP contribution in [0.1, 0.15) is 5.56 Å². The summed E-state index contributed by atoms with van der Waals surface area (Å²) in [6.07, 6.45) is 3.38. The number of nitro benzene ring substituents is 2. The first-order valence-electron chi connectivity index (χ1n) is 13.2. The van der Waals surface area contributed by atoms with Crippen LogP contribution in [0.2, 0.25) is 0 Å². The van der Waals surface area contributed by atoms with Gasteiger partial charge in [-0.05, 0) is 17.7 Å². The lowest BCUT2D eigenvalue weighted by molar-refractivity contribution is -0.384. The molecule has 208 valence electrons. The monoisotopic (exact) mass is 564 g/mol. The Morgan fingerprint density at radius 3 is 1.48 bits per heavy atom. The fraction of sp³-hybridized carbons (Fsp3) is 0.200. The summed E-state index contributed by atoms with van der Waals surface area (Å²) in [6.45, 7) is 0. The van der Waals surface area contributed by atoms with Gasteiger partial charge >= 0.3 is 0 Å². The first-order valence-corrected chi connectivity index (χ1v) is 13.2. The molecule has 0 radical (unpaired) electrons. The number of amides is 4. The highest BCUT2D eigenvalue weighted by molar-refractivity contribution is 6.28. The van der Waals surface area contributed by atoms with Gasteiger partial charge in [0.05, 0.1) is 33.5 Å². The molecule has 12 heteroatoms. The standard InChI is InChI=1S/C30H20N4O8/c35-26-22-17-14-15-30(16-8-2-1-3-9-16,24(22)28(37)31(26)18-10-4-6-12-20(18)33(39)40)25-23(17)27(36)32(29(25)38)19-11-5-7-13-21(19)34(41)42/h1-15,17,22-25H/t17?,22-,23+,24-,25-,30?/m1/s1. The quantitative estimate of drug-likeness (QED) is 0.197. The van der Waals surface area contributed by atoms with E-state index in [9.17, 15) is 39.4 Å². The molecule has 3 aliphatic carbocycles. The zero-order valence-corrected chi connectivity index (χ0v) is 21.6. The van der Waals surface area contributed by atoms with Crippen LogP contribution in [0.3, 0.4) is 0 Å². The lowest BCUT2D eigenvalue weighted by atomic mass is 9.45. The fourth-order valence-corrected chi connectivity index (χ4v) is 7.57. The van der Waals surface area contributed by atoms with Crippen LogP contribution in [0.25, 0.3) is 0 Å². The van der Waals surface area contributed by atoms with Crippen molar-refractivity contribution < 1.29 is 29.0 Å². The summed E-state index contributed by atoms with van der Waals surface area (Å²) < 4.78 is 0. The number of hydrogen-bond acceptors (Lipinski definition) is 8. The van der Waals surface area contributed by atoms with Crippen molar-refractivity contribution in [2.75, 3.05) is 9.80 Å². The number of para-hydroxylation sites is 4. The summed E-state index contributed by atoms with van der Waals surface area (Å²) in [5, 5.41) is 23.6. The highest BCUT2D eigenvalue weighted by atomic mass is 16.6. The average Bonchev–Trinajstić information content (AvgIpc) is 3.44. The molecule has 12 nitrogen and oxygen atoms in total. The van der Waals surface area contributed by atoms with Gasteiger partial charge in [-0.25, -0.2) is 9.80 Å². The van der Waals surface area contributed by atoms with Crippen LogP contribution >= 0.6 is 0 Å². The van der Waals surface area contributed by atoms with E-state index in [0.717, 1.165) is 9.80 Å². The zero-order chi connectivity index (χ0) is 29.5. The normalized spacial score (nSPS) is 29.2. The van der Waals surface area contributed by atoms with Gasteiger partial charge in [-0.2, -0.15) is 0 Å². The molecule has 8 rings (SSSR count). The van der Waals surface area contributed by atoms with E-state index in [4.69, 9.17) is 0 Å². The van der Waals surface area contributed by atoms with Crippen molar-refractivity contribution in [1.82, 2.24) is 0 Å². The number of benzene rings is 3. The number of carbonyl (C=O) groups excluding carboxylic acids is 4. The minimum Gasteiger partial charge on any atom is -0.274 e. The number of hydrogen-bond donors (Lipinski definition) is 0. The van der Waals surface area contributed by atoms with E-state index in [-0.39, 0.29) is 11.4 Å². The number of nitro groups is 2. The third-order valence-corrected chi connectivity index (χ3v) is 9.07. The van der Waals surface area contributed by atoms with E-state index in [1.54, 1.807) is 42.5 Å². The second-order valence-electron chi connectivity index (χ2n) is 10.8. The van der Waals surface area contributed by atoms with Crippen molar-refractivity contribution in [3.63, 3.8) is 0 Å². The molecule has 0 N–H and O–H groups in total. The molecule has 2 heterocycles. The summed E-state index contributed by atoms with van der Waals surface area (Å²) in [7, 11) is 0. The predicted octanol–water partition coefficient (Wildman–Crippen LogP) is 3.55. The van der Waals surface area contributed by atoms with Crippen LogP contribution in [-0.4, -0.2) is 33.5 Å². The van der Waals surface area contributed by atoms with Crippen LogP contribution in [0, 0.1) is 49.8 Å². The number of anilines is 2. The number of allylic oxidation sites excluding steroid dienone is 2. The number of carbonyl (C=O) groups is 4. The van der Waals surface area contributed by atoms with E-state index in [1.807, 2.05) is 0 Å². The molecule has 2 bridgehead atoms. The molecule has 0 spiro atoms. The molecule has 3 fully saturated rings. The SMILES string of the molecule is O=C1[C@@H]2C3C=CC(c4ccccc4)([C@H]2C(=O)N1c1ccccc1[N+](=O)[O-])[C@H]1C(=O)N(c2ccccc2[N+](=O)[O-])C(=O)[C@@H]31. The number of rotatable bonds is 5. The molecule has 3 aromatic rings. The zero-order valence-electron chi connectivity index (χ0n) is 21.6. The van der Waals surface area contributed by atoms with Crippen molar-refractivity contribution >= 4 is 46.4 Å². The third-order valence-electron chi connectivity index (χ3n) is 9.07. The van der Waals surface area contributed by atoms with Crippen molar-refractivity contribution in [2.45, 2.75) is 5.41 Å². The maximum atomic E-state index is 14.3. The number of nitrogens with zero attached hydrogens (tertiary/aromatic N) is 4. The molecule has 42 heavy (non-hydrogen) atoms. The van der Waals surface area contributed by atoms with E-state index in [0.29, 0.717) is 5.56 Å². The molecule has 2 aliphatic heterocycles. The maximum absolute atomic E-state index is 14.3. The summed E-state index contributed by atoms with van der Waals surface area (Å²) in [6, 6.07) is 19.5. The van der Waals surface area contributed by atoms with E-state index >= 15 is 0 Å². The fourth-order valence-electron chi connectivity index (χ4n) is 7.57. The van der Waals surface area contributed by atoms with E-state index < -0.39 is 79.9 Å². The van der Waals surface area contributed by atoms with Gasteiger partial charge in [0, 0.05) is 23.5 Å². The third kappa shape index (κ3) is 3.05. The second kappa shape index (κ2) is 8.74. The lowest BCUT2D eigenvalue weighted by Crippen LogP contribution is -2.60. The van der Waals surface area contributed by atoms with Gasteiger partial charge in [-0.3, -0.25) is 39.4 Å². The van der Waals surface area contributed by atoms with Gasteiger partial charge in [-0.1, -0.05) is 66.7 Å². The first kappa shape index (κ1) is 25.4. The molecule has 4 amide bonds. The summed E-state index contributed by atoms with van der Waals surface area (Å²) in [4.78, 5) is 80.8. The molecule has 6 atom stereocenters. The minimum absolute atomic E-state index is 0.182. The Kier molecular flexibility index (Phi) is 5.29. The minimum atomic E-state index is -1.47. The Morgan fingerprint density at radius 2 is 1.02 bits per heavy atom. The summed E-state index contributed by atoms with van der Waals surface area (Å²) >= 11 is 0. The van der Waals surface area contributed by atoms with Crippen molar-refractivity contribution in [1.29, 1.82) is 0 Å². The predicted molar refractivity (Wildman–Crippen MR) is 146 cm³/mol.